The maximum atomic E-state index is 13.3. The molecule has 0 aliphatic heterocycles. The highest BCUT2D eigenvalue weighted by atomic mass is 32.2. The van der Waals surface area contributed by atoms with Crippen LogP contribution in [0.2, 0.25) is 0 Å². The lowest BCUT2D eigenvalue weighted by Gasteiger charge is -2.61. The van der Waals surface area contributed by atoms with Gasteiger partial charge in [-0.1, -0.05) is 0 Å². The second-order valence-corrected chi connectivity index (χ2v) is 7.05. The maximum Gasteiger partial charge on any atom is 0.251 e. The largest absolute Gasteiger partial charge is 0.366 e. The van der Waals surface area contributed by atoms with Crippen LogP contribution in [-0.2, 0) is 10.0 Å². The molecule has 0 unspecified atom stereocenters. The summed E-state index contributed by atoms with van der Waals surface area (Å²) >= 11 is 0. The highest BCUT2D eigenvalue weighted by Crippen LogP contribution is 2.57. The third-order valence-corrected chi connectivity index (χ3v) is 5.48. The molecule has 19 heavy (non-hydrogen) atoms. The van der Waals surface area contributed by atoms with Crippen molar-refractivity contribution in [3.8, 4) is 0 Å². The third-order valence-electron chi connectivity index (χ3n) is 3.90. The Labute approximate surface area is 110 Å². The summed E-state index contributed by atoms with van der Waals surface area (Å²) in [6.45, 7) is 0. The van der Waals surface area contributed by atoms with Crippen molar-refractivity contribution >= 4 is 15.9 Å². The van der Waals surface area contributed by atoms with Crippen molar-refractivity contribution in [1.82, 2.24) is 4.72 Å². The van der Waals surface area contributed by atoms with E-state index in [0.717, 1.165) is 37.5 Å². The standard InChI is InChI=1S/C12H13FN2O3S/c13-10-2-1-8(3-9(10)11(14)16)19(17,18)15-12-4-7(5-12)6-12/h1-3,7,15H,4-6H2,(H2,14,16). The van der Waals surface area contributed by atoms with Crippen molar-refractivity contribution < 1.29 is 17.6 Å². The number of carbonyl (C=O) groups is 1. The molecule has 0 saturated heterocycles. The van der Waals surface area contributed by atoms with Crippen LogP contribution in [0.3, 0.4) is 0 Å². The van der Waals surface area contributed by atoms with Gasteiger partial charge in [0.2, 0.25) is 10.0 Å². The molecule has 0 atom stereocenters. The molecule has 3 N–H and O–H groups in total. The van der Waals surface area contributed by atoms with Gasteiger partial charge in [0.25, 0.3) is 5.91 Å². The van der Waals surface area contributed by atoms with E-state index in [4.69, 9.17) is 5.73 Å². The van der Waals surface area contributed by atoms with Gasteiger partial charge in [0, 0.05) is 5.54 Å². The Balaban J connectivity index is 1.92. The van der Waals surface area contributed by atoms with Crippen LogP contribution in [0.25, 0.3) is 0 Å². The van der Waals surface area contributed by atoms with E-state index in [-0.39, 0.29) is 10.4 Å². The average Bonchev–Trinajstić information content (AvgIpc) is 2.22. The van der Waals surface area contributed by atoms with E-state index < -0.39 is 27.3 Å². The summed E-state index contributed by atoms with van der Waals surface area (Å²) in [5, 5.41) is 0. The molecule has 0 spiro atoms. The normalized spacial score (nSPS) is 28.4. The zero-order valence-corrected chi connectivity index (χ0v) is 10.8. The molecule has 0 heterocycles. The topological polar surface area (TPSA) is 89.3 Å². The number of hydrogen-bond donors (Lipinski definition) is 2. The van der Waals surface area contributed by atoms with Gasteiger partial charge in [-0.2, -0.15) is 0 Å². The van der Waals surface area contributed by atoms with Crippen LogP contribution in [-0.4, -0.2) is 19.9 Å². The van der Waals surface area contributed by atoms with Gasteiger partial charge < -0.3 is 5.73 Å². The van der Waals surface area contributed by atoms with E-state index in [1.54, 1.807) is 0 Å². The Hall–Kier alpha value is -1.47. The fourth-order valence-electron chi connectivity index (χ4n) is 2.81. The molecule has 3 aliphatic carbocycles. The van der Waals surface area contributed by atoms with Gasteiger partial charge in [-0.25, -0.2) is 17.5 Å². The average molecular weight is 284 g/mol. The Morgan fingerprint density at radius 1 is 1.37 bits per heavy atom. The minimum absolute atomic E-state index is 0.132. The lowest BCUT2D eigenvalue weighted by molar-refractivity contribution is -0.0317. The number of hydrogen-bond acceptors (Lipinski definition) is 3. The maximum absolute atomic E-state index is 13.3. The minimum atomic E-state index is -3.74. The predicted octanol–water partition coefficient (Wildman–Crippen LogP) is 0.755. The summed E-state index contributed by atoms with van der Waals surface area (Å²) in [6, 6.07) is 3.05. The Kier molecular flexibility index (Phi) is 2.49. The third kappa shape index (κ3) is 1.93. The van der Waals surface area contributed by atoms with Crippen LogP contribution in [0.5, 0.6) is 0 Å². The minimum Gasteiger partial charge on any atom is -0.366 e. The van der Waals surface area contributed by atoms with Crippen molar-refractivity contribution in [2.75, 3.05) is 0 Å². The molecule has 7 heteroatoms. The molecular formula is C12H13FN2O3S. The molecule has 2 bridgehead atoms. The smallest absolute Gasteiger partial charge is 0.251 e. The van der Waals surface area contributed by atoms with Gasteiger partial charge in [0.1, 0.15) is 5.82 Å². The number of carbonyl (C=O) groups excluding carboxylic acids is 1. The number of benzene rings is 1. The first-order chi connectivity index (χ1) is 8.81. The molecule has 3 aliphatic rings. The fraction of sp³-hybridized carbons (Fsp3) is 0.417. The molecule has 1 aromatic rings. The zero-order chi connectivity index (χ0) is 13.8. The zero-order valence-electron chi connectivity index (χ0n) is 10.0. The van der Waals surface area contributed by atoms with Gasteiger partial charge >= 0.3 is 0 Å². The van der Waals surface area contributed by atoms with Crippen molar-refractivity contribution in [1.29, 1.82) is 0 Å². The molecule has 5 nitrogen and oxygen atoms in total. The number of halogens is 1. The van der Waals surface area contributed by atoms with E-state index in [2.05, 4.69) is 4.72 Å². The second kappa shape index (κ2) is 3.77. The first-order valence-electron chi connectivity index (χ1n) is 5.95. The summed E-state index contributed by atoms with van der Waals surface area (Å²) in [5.41, 5.74) is 4.27. The molecule has 0 aromatic heterocycles. The molecule has 0 radical (unpaired) electrons. The van der Waals surface area contributed by atoms with Gasteiger partial charge in [-0.3, -0.25) is 4.79 Å². The number of nitrogens with two attached hydrogens (primary N) is 1. The van der Waals surface area contributed by atoms with Crippen LogP contribution in [0.15, 0.2) is 23.1 Å². The number of rotatable bonds is 4. The van der Waals surface area contributed by atoms with Gasteiger partial charge in [0.15, 0.2) is 0 Å². The van der Waals surface area contributed by atoms with Crippen LogP contribution in [0.4, 0.5) is 4.39 Å². The molecule has 4 rings (SSSR count). The van der Waals surface area contributed by atoms with E-state index in [1.807, 2.05) is 0 Å². The number of nitrogens with one attached hydrogen (secondary N) is 1. The second-order valence-electron chi connectivity index (χ2n) is 5.37. The lowest BCUT2D eigenvalue weighted by atomic mass is 9.50. The highest BCUT2D eigenvalue weighted by molar-refractivity contribution is 7.89. The van der Waals surface area contributed by atoms with E-state index in [9.17, 15) is 17.6 Å². The van der Waals surface area contributed by atoms with Crippen LogP contribution < -0.4 is 10.5 Å². The Bertz CT molecular complexity index is 655. The van der Waals surface area contributed by atoms with E-state index >= 15 is 0 Å². The Morgan fingerprint density at radius 3 is 2.47 bits per heavy atom. The number of primary amides is 1. The highest BCUT2D eigenvalue weighted by Gasteiger charge is 2.58. The van der Waals surface area contributed by atoms with E-state index in [0.29, 0.717) is 5.92 Å². The Morgan fingerprint density at radius 2 is 2.00 bits per heavy atom. The molecule has 102 valence electrons. The van der Waals surface area contributed by atoms with E-state index in [1.165, 1.54) is 0 Å². The summed E-state index contributed by atoms with van der Waals surface area (Å²) in [6.07, 6.45) is 2.57. The molecule has 3 saturated carbocycles. The number of amides is 1. The van der Waals surface area contributed by atoms with Gasteiger partial charge in [0.05, 0.1) is 10.5 Å². The quantitative estimate of drug-likeness (QED) is 0.855. The summed E-state index contributed by atoms with van der Waals surface area (Å²) in [4.78, 5) is 10.9. The van der Waals surface area contributed by atoms with Crippen LogP contribution in [0.1, 0.15) is 29.6 Å². The fourth-order valence-corrected chi connectivity index (χ4v) is 4.27. The summed E-state index contributed by atoms with van der Waals surface area (Å²) < 4.78 is 40.3. The van der Waals surface area contributed by atoms with Gasteiger partial charge in [-0.05, 0) is 43.4 Å². The van der Waals surface area contributed by atoms with Crippen LogP contribution >= 0.6 is 0 Å². The van der Waals surface area contributed by atoms with Gasteiger partial charge in [-0.15, -0.1) is 0 Å². The molecule has 3 fully saturated rings. The molecule has 1 amide bonds. The SMILES string of the molecule is NC(=O)c1cc(S(=O)(=O)NC23CC(C2)C3)ccc1F. The number of sulfonamides is 1. The monoisotopic (exact) mass is 284 g/mol. The van der Waals surface area contributed by atoms with Crippen molar-refractivity contribution in [3.63, 3.8) is 0 Å². The lowest BCUT2D eigenvalue weighted by Crippen LogP contribution is -2.67. The predicted molar refractivity (Wildman–Crippen MR) is 65.3 cm³/mol. The first-order valence-corrected chi connectivity index (χ1v) is 7.43. The molecular weight excluding hydrogens is 271 g/mol. The van der Waals surface area contributed by atoms with Crippen molar-refractivity contribution in [2.45, 2.75) is 29.7 Å². The summed E-state index contributed by atoms with van der Waals surface area (Å²) in [7, 11) is -3.74. The van der Waals surface area contributed by atoms with Crippen molar-refractivity contribution in [3.05, 3.63) is 29.6 Å². The van der Waals surface area contributed by atoms with Crippen LogP contribution in [0, 0.1) is 11.7 Å². The first kappa shape index (κ1) is 12.6. The molecule has 1 aromatic carbocycles. The summed E-state index contributed by atoms with van der Waals surface area (Å²) in [5.74, 6) is -1.17. The van der Waals surface area contributed by atoms with Crippen molar-refractivity contribution in [2.24, 2.45) is 11.7 Å².